The molecular weight excluding hydrogens is 252 g/mol. The molecule has 1 heterocycles. The maximum absolute atomic E-state index is 12.2. The summed E-state index contributed by atoms with van der Waals surface area (Å²) in [5.41, 5.74) is 0.764. The summed E-state index contributed by atoms with van der Waals surface area (Å²) in [4.78, 5) is 24.0. The van der Waals surface area contributed by atoms with Crippen LogP contribution in [0.5, 0.6) is 0 Å². The lowest BCUT2D eigenvalue weighted by Crippen LogP contribution is -2.33. The van der Waals surface area contributed by atoms with Crippen LogP contribution >= 0.6 is 0 Å². The minimum absolute atomic E-state index is 0.0960. The van der Waals surface area contributed by atoms with E-state index in [9.17, 15) is 9.59 Å². The third-order valence-corrected chi connectivity index (χ3v) is 2.81. The number of carbonyl (C=O) groups excluding carboxylic acids is 1. The first-order valence-corrected chi connectivity index (χ1v) is 6.17. The summed E-state index contributed by atoms with van der Waals surface area (Å²) >= 11 is 0. The van der Waals surface area contributed by atoms with Crippen molar-refractivity contribution in [3.05, 3.63) is 70.1 Å². The maximum atomic E-state index is 12.2. The van der Waals surface area contributed by atoms with E-state index in [0.29, 0.717) is 6.54 Å². The summed E-state index contributed by atoms with van der Waals surface area (Å²) < 4.78 is 1.50. The highest BCUT2D eigenvalue weighted by Gasteiger charge is 2.11. The van der Waals surface area contributed by atoms with E-state index < -0.39 is 5.91 Å². The molecule has 1 aromatic heterocycles. The van der Waals surface area contributed by atoms with Crippen LogP contribution in [0.25, 0.3) is 0 Å². The minimum atomic E-state index is -0.449. The second-order valence-corrected chi connectivity index (χ2v) is 4.23. The van der Waals surface area contributed by atoms with Crippen LogP contribution in [0.2, 0.25) is 0 Å². The Balaban J connectivity index is 2.26. The van der Waals surface area contributed by atoms with Crippen LogP contribution in [0, 0.1) is 12.3 Å². The third kappa shape index (κ3) is 3.15. The molecule has 0 spiro atoms. The lowest BCUT2D eigenvalue weighted by atomic mass is 10.2. The molecule has 100 valence electrons. The van der Waals surface area contributed by atoms with E-state index in [-0.39, 0.29) is 17.7 Å². The van der Waals surface area contributed by atoms with Gasteiger partial charge in [0, 0.05) is 6.20 Å². The molecule has 0 bridgehead atoms. The first-order valence-electron chi connectivity index (χ1n) is 6.17. The van der Waals surface area contributed by atoms with Gasteiger partial charge in [-0.2, -0.15) is 0 Å². The van der Waals surface area contributed by atoms with Gasteiger partial charge in [0.05, 0.1) is 13.1 Å². The third-order valence-electron chi connectivity index (χ3n) is 2.81. The number of hydrogen-bond donors (Lipinski definition) is 1. The lowest BCUT2D eigenvalue weighted by Gasteiger charge is -2.08. The van der Waals surface area contributed by atoms with E-state index in [2.05, 4.69) is 11.2 Å². The minimum Gasteiger partial charge on any atom is -0.341 e. The van der Waals surface area contributed by atoms with Crippen molar-refractivity contribution >= 4 is 5.91 Å². The van der Waals surface area contributed by atoms with Gasteiger partial charge in [-0.25, -0.2) is 0 Å². The summed E-state index contributed by atoms with van der Waals surface area (Å²) in [5.74, 6) is 1.85. The topological polar surface area (TPSA) is 51.1 Å². The molecule has 0 saturated heterocycles. The van der Waals surface area contributed by atoms with Crippen molar-refractivity contribution in [2.75, 3.05) is 6.54 Å². The highest BCUT2D eigenvalue weighted by molar-refractivity contribution is 5.93. The number of nitrogens with zero attached hydrogens (tertiary/aromatic N) is 1. The van der Waals surface area contributed by atoms with Gasteiger partial charge >= 0.3 is 0 Å². The number of amides is 1. The fourth-order valence-corrected chi connectivity index (χ4v) is 1.84. The Morgan fingerprint density at radius 3 is 2.65 bits per heavy atom. The van der Waals surface area contributed by atoms with Gasteiger partial charge < -0.3 is 9.88 Å². The standard InChI is InChI=1S/C16H14N2O2/c1-2-10-17-15(19)14-9-6-11-18(16(14)20)12-13-7-4-3-5-8-13/h1,3-9,11H,10,12H2,(H,17,19). The molecule has 2 aromatic rings. The summed E-state index contributed by atoms with van der Waals surface area (Å²) in [5, 5.41) is 2.49. The van der Waals surface area contributed by atoms with Crippen molar-refractivity contribution in [3.8, 4) is 12.3 Å². The Morgan fingerprint density at radius 1 is 1.20 bits per heavy atom. The molecule has 1 N–H and O–H groups in total. The maximum Gasteiger partial charge on any atom is 0.263 e. The molecule has 1 amide bonds. The van der Waals surface area contributed by atoms with Crippen LogP contribution in [-0.2, 0) is 6.54 Å². The molecule has 20 heavy (non-hydrogen) atoms. The smallest absolute Gasteiger partial charge is 0.263 e. The number of benzene rings is 1. The molecule has 0 unspecified atom stereocenters. The normalized spacial score (nSPS) is 9.75. The highest BCUT2D eigenvalue weighted by atomic mass is 16.2. The Hall–Kier alpha value is -2.80. The highest BCUT2D eigenvalue weighted by Crippen LogP contribution is 2.01. The van der Waals surface area contributed by atoms with Crippen molar-refractivity contribution in [1.82, 2.24) is 9.88 Å². The van der Waals surface area contributed by atoms with Gasteiger partial charge in [0.25, 0.3) is 11.5 Å². The van der Waals surface area contributed by atoms with Gasteiger partial charge in [-0.1, -0.05) is 36.3 Å². The SMILES string of the molecule is C#CCNC(=O)c1cccn(Cc2ccccc2)c1=O. The number of hydrogen-bond acceptors (Lipinski definition) is 2. The lowest BCUT2D eigenvalue weighted by molar-refractivity contribution is 0.0956. The molecule has 0 aliphatic heterocycles. The quantitative estimate of drug-likeness (QED) is 0.847. The van der Waals surface area contributed by atoms with E-state index in [0.717, 1.165) is 5.56 Å². The second kappa shape index (κ2) is 6.39. The number of rotatable bonds is 4. The van der Waals surface area contributed by atoms with Crippen LogP contribution in [0.3, 0.4) is 0 Å². The summed E-state index contributed by atoms with van der Waals surface area (Å²) in [6.45, 7) is 0.530. The second-order valence-electron chi connectivity index (χ2n) is 4.23. The van der Waals surface area contributed by atoms with Crippen molar-refractivity contribution in [3.63, 3.8) is 0 Å². The largest absolute Gasteiger partial charge is 0.341 e. The van der Waals surface area contributed by atoms with E-state index in [1.54, 1.807) is 12.3 Å². The van der Waals surface area contributed by atoms with Gasteiger partial charge in [-0.3, -0.25) is 9.59 Å². The van der Waals surface area contributed by atoms with Gasteiger partial charge in [-0.15, -0.1) is 6.42 Å². The summed E-state index contributed by atoms with van der Waals surface area (Å²) in [7, 11) is 0. The van der Waals surface area contributed by atoms with Crippen LogP contribution < -0.4 is 10.9 Å². The first-order chi connectivity index (χ1) is 9.72. The predicted octanol–water partition coefficient (Wildman–Crippen LogP) is 1.26. The molecule has 0 radical (unpaired) electrons. The molecule has 1 aromatic carbocycles. The Bertz CT molecular complexity index is 696. The predicted molar refractivity (Wildman–Crippen MR) is 77.4 cm³/mol. The molecule has 0 fully saturated rings. The average Bonchev–Trinajstić information content (AvgIpc) is 2.48. The zero-order valence-electron chi connectivity index (χ0n) is 10.9. The van der Waals surface area contributed by atoms with Crippen LogP contribution in [-0.4, -0.2) is 17.0 Å². The van der Waals surface area contributed by atoms with Crippen molar-refractivity contribution in [1.29, 1.82) is 0 Å². The van der Waals surface area contributed by atoms with Gasteiger partial charge in [0.1, 0.15) is 5.56 Å². The van der Waals surface area contributed by atoms with Crippen molar-refractivity contribution < 1.29 is 4.79 Å². The van der Waals surface area contributed by atoms with Gasteiger partial charge in [0.15, 0.2) is 0 Å². The Kier molecular flexibility index (Phi) is 4.35. The molecule has 0 atom stereocenters. The molecule has 0 saturated carbocycles. The number of aromatic nitrogens is 1. The van der Waals surface area contributed by atoms with Crippen molar-refractivity contribution in [2.45, 2.75) is 6.54 Å². The molecule has 2 rings (SSSR count). The van der Waals surface area contributed by atoms with Crippen LogP contribution in [0.1, 0.15) is 15.9 Å². The van der Waals surface area contributed by atoms with E-state index >= 15 is 0 Å². The molecule has 4 heteroatoms. The number of nitrogens with one attached hydrogen (secondary N) is 1. The molecule has 0 aliphatic carbocycles. The summed E-state index contributed by atoms with van der Waals surface area (Å²) in [6, 6.07) is 12.8. The zero-order chi connectivity index (χ0) is 14.4. The van der Waals surface area contributed by atoms with E-state index in [4.69, 9.17) is 6.42 Å². The zero-order valence-corrected chi connectivity index (χ0v) is 10.9. The number of carbonyl (C=O) groups is 1. The van der Waals surface area contributed by atoms with Crippen LogP contribution in [0.4, 0.5) is 0 Å². The average molecular weight is 266 g/mol. The first kappa shape index (κ1) is 13.6. The Morgan fingerprint density at radius 2 is 1.95 bits per heavy atom. The van der Waals surface area contributed by atoms with Gasteiger partial charge in [0.2, 0.25) is 0 Å². The molecular formula is C16H14N2O2. The number of pyridine rings is 1. The van der Waals surface area contributed by atoms with Crippen molar-refractivity contribution in [2.24, 2.45) is 0 Å². The Labute approximate surface area is 117 Å². The van der Waals surface area contributed by atoms with E-state index in [1.165, 1.54) is 10.6 Å². The molecule has 0 aliphatic rings. The van der Waals surface area contributed by atoms with Gasteiger partial charge in [-0.05, 0) is 17.7 Å². The molecule has 4 nitrogen and oxygen atoms in total. The fourth-order valence-electron chi connectivity index (χ4n) is 1.84. The fraction of sp³-hybridized carbons (Fsp3) is 0.125. The van der Waals surface area contributed by atoms with E-state index in [1.807, 2.05) is 30.3 Å². The summed E-state index contributed by atoms with van der Waals surface area (Å²) in [6.07, 6.45) is 6.74. The van der Waals surface area contributed by atoms with Crippen LogP contribution in [0.15, 0.2) is 53.5 Å². The monoisotopic (exact) mass is 266 g/mol. The number of terminal acetylenes is 1.